The number of aryl methyl sites for hydroxylation is 1. The maximum Gasteiger partial charge on any atom is 0.273 e. The summed E-state index contributed by atoms with van der Waals surface area (Å²) in [7, 11) is 0. The van der Waals surface area contributed by atoms with Gasteiger partial charge >= 0.3 is 0 Å². The highest BCUT2D eigenvalue weighted by atomic mass is 16.6. The fourth-order valence-corrected chi connectivity index (χ4v) is 2.22. The molecule has 1 heterocycles. The van der Waals surface area contributed by atoms with Gasteiger partial charge in [-0.3, -0.25) is 14.9 Å². The molecule has 0 aliphatic heterocycles. The highest BCUT2D eigenvalue weighted by molar-refractivity contribution is 5.80. The zero-order valence-electron chi connectivity index (χ0n) is 12.3. The zero-order chi connectivity index (χ0) is 15.9. The van der Waals surface area contributed by atoms with E-state index in [0.29, 0.717) is 5.56 Å². The van der Waals surface area contributed by atoms with Gasteiger partial charge < -0.3 is 9.73 Å². The number of amides is 1. The molecule has 1 unspecified atom stereocenters. The lowest BCUT2D eigenvalue weighted by molar-refractivity contribution is -0.385. The summed E-state index contributed by atoms with van der Waals surface area (Å²) in [5, 5.41) is 13.8. The van der Waals surface area contributed by atoms with Crippen molar-refractivity contribution in [3.63, 3.8) is 0 Å². The van der Waals surface area contributed by atoms with Gasteiger partial charge in [-0.25, -0.2) is 0 Å². The minimum absolute atomic E-state index is 0.00223. The Labute approximate surface area is 128 Å². The quantitative estimate of drug-likeness (QED) is 0.629. The fourth-order valence-electron chi connectivity index (χ4n) is 2.22. The summed E-state index contributed by atoms with van der Waals surface area (Å²) in [5.74, 6) is 0.654. The number of hydrogen-bond donors (Lipinski definition) is 1. The van der Waals surface area contributed by atoms with Crippen molar-refractivity contribution in [2.24, 2.45) is 0 Å². The average molecular weight is 302 g/mol. The van der Waals surface area contributed by atoms with Gasteiger partial charge in [0.05, 0.1) is 17.6 Å². The monoisotopic (exact) mass is 302 g/mol. The highest BCUT2D eigenvalue weighted by Crippen LogP contribution is 2.18. The summed E-state index contributed by atoms with van der Waals surface area (Å²) < 4.78 is 5.24. The molecule has 1 atom stereocenters. The van der Waals surface area contributed by atoms with Crippen molar-refractivity contribution >= 4 is 11.6 Å². The first-order chi connectivity index (χ1) is 10.6. The van der Waals surface area contributed by atoms with Gasteiger partial charge in [0.25, 0.3) is 5.69 Å². The second kappa shape index (κ2) is 7.40. The Hall–Kier alpha value is -2.63. The summed E-state index contributed by atoms with van der Waals surface area (Å²) in [6.07, 6.45) is 3.10. The van der Waals surface area contributed by atoms with E-state index in [9.17, 15) is 14.9 Å². The van der Waals surface area contributed by atoms with E-state index >= 15 is 0 Å². The smallest absolute Gasteiger partial charge is 0.273 e. The second-order valence-corrected chi connectivity index (χ2v) is 5.15. The van der Waals surface area contributed by atoms with Gasteiger partial charge in [-0.05, 0) is 25.5 Å². The van der Waals surface area contributed by atoms with E-state index in [-0.39, 0.29) is 24.1 Å². The molecular weight excluding hydrogens is 284 g/mol. The number of para-hydroxylation sites is 1. The Balaban J connectivity index is 1.86. The first-order valence-electron chi connectivity index (χ1n) is 7.10. The molecule has 6 heteroatoms. The number of nitrogens with zero attached hydrogens (tertiary/aromatic N) is 1. The molecule has 1 aromatic carbocycles. The molecule has 0 bridgehead atoms. The molecule has 6 nitrogen and oxygen atoms in total. The van der Waals surface area contributed by atoms with E-state index in [2.05, 4.69) is 5.32 Å². The molecule has 116 valence electrons. The molecule has 0 saturated heterocycles. The van der Waals surface area contributed by atoms with E-state index in [0.717, 1.165) is 18.6 Å². The molecule has 0 aliphatic rings. The van der Waals surface area contributed by atoms with Crippen LogP contribution in [0, 0.1) is 10.1 Å². The van der Waals surface area contributed by atoms with Crippen LogP contribution in [0.1, 0.15) is 24.7 Å². The van der Waals surface area contributed by atoms with Crippen molar-refractivity contribution < 1.29 is 14.1 Å². The third-order valence-corrected chi connectivity index (χ3v) is 3.35. The third-order valence-electron chi connectivity index (χ3n) is 3.35. The number of furan rings is 1. The lowest BCUT2D eigenvalue weighted by Crippen LogP contribution is -2.34. The molecular formula is C16H18N2O4. The fraction of sp³-hybridized carbons (Fsp3) is 0.312. The van der Waals surface area contributed by atoms with E-state index in [1.165, 1.54) is 6.07 Å². The Morgan fingerprint density at radius 3 is 2.77 bits per heavy atom. The Kier molecular flexibility index (Phi) is 5.30. The van der Waals surface area contributed by atoms with E-state index in [1.807, 2.05) is 19.1 Å². The summed E-state index contributed by atoms with van der Waals surface area (Å²) >= 11 is 0. The maximum atomic E-state index is 12.0. The predicted molar refractivity (Wildman–Crippen MR) is 81.4 cm³/mol. The average Bonchev–Trinajstić information content (AvgIpc) is 2.98. The third kappa shape index (κ3) is 4.44. The van der Waals surface area contributed by atoms with Crippen LogP contribution in [0.2, 0.25) is 0 Å². The van der Waals surface area contributed by atoms with E-state index < -0.39 is 4.92 Å². The van der Waals surface area contributed by atoms with Gasteiger partial charge in [-0.15, -0.1) is 0 Å². The van der Waals surface area contributed by atoms with Crippen LogP contribution in [0.15, 0.2) is 47.1 Å². The highest BCUT2D eigenvalue weighted by Gasteiger charge is 2.16. The zero-order valence-corrected chi connectivity index (χ0v) is 12.3. The number of benzene rings is 1. The Morgan fingerprint density at radius 1 is 1.32 bits per heavy atom. The topological polar surface area (TPSA) is 85.4 Å². The predicted octanol–water partition coefficient (Wildman–Crippen LogP) is 2.87. The lowest BCUT2D eigenvalue weighted by atomic mass is 10.1. The SMILES string of the molecule is CC(CCc1ccco1)NC(=O)Cc1ccccc1[N+](=O)[O-]. The minimum Gasteiger partial charge on any atom is -0.469 e. The van der Waals surface area contributed by atoms with Crippen LogP contribution < -0.4 is 5.32 Å². The molecule has 2 aromatic rings. The number of nitro benzene ring substituents is 1. The minimum atomic E-state index is -0.469. The van der Waals surface area contributed by atoms with Gasteiger partial charge in [0.15, 0.2) is 0 Å². The van der Waals surface area contributed by atoms with E-state index in [4.69, 9.17) is 4.42 Å². The number of carbonyl (C=O) groups excluding carboxylic acids is 1. The maximum absolute atomic E-state index is 12.0. The number of nitro groups is 1. The molecule has 0 saturated carbocycles. The van der Waals surface area contributed by atoms with Gasteiger partial charge in [0, 0.05) is 24.1 Å². The standard InChI is InChI=1S/C16H18N2O4/c1-12(8-9-14-6-4-10-22-14)17-16(19)11-13-5-2-3-7-15(13)18(20)21/h2-7,10,12H,8-9,11H2,1H3,(H,17,19). The van der Waals surface area contributed by atoms with Crippen LogP contribution in [-0.2, 0) is 17.6 Å². The van der Waals surface area contributed by atoms with E-state index in [1.54, 1.807) is 24.5 Å². The van der Waals surface area contributed by atoms with Crippen LogP contribution in [0.5, 0.6) is 0 Å². The number of rotatable bonds is 7. The first-order valence-corrected chi connectivity index (χ1v) is 7.10. The first kappa shape index (κ1) is 15.8. The molecule has 0 radical (unpaired) electrons. The van der Waals surface area contributed by atoms with Gasteiger partial charge in [0.2, 0.25) is 5.91 Å². The molecule has 22 heavy (non-hydrogen) atoms. The Bertz CT molecular complexity index is 637. The number of nitrogens with one attached hydrogen (secondary N) is 1. The lowest BCUT2D eigenvalue weighted by Gasteiger charge is -2.13. The van der Waals surface area contributed by atoms with Crippen LogP contribution >= 0.6 is 0 Å². The van der Waals surface area contributed by atoms with Gasteiger partial charge in [-0.1, -0.05) is 18.2 Å². The van der Waals surface area contributed by atoms with Crippen molar-refractivity contribution in [1.82, 2.24) is 5.32 Å². The van der Waals surface area contributed by atoms with Crippen molar-refractivity contribution in [1.29, 1.82) is 0 Å². The van der Waals surface area contributed by atoms with Crippen molar-refractivity contribution in [3.8, 4) is 0 Å². The number of carbonyl (C=O) groups is 1. The van der Waals surface area contributed by atoms with Gasteiger partial charge in [-0.2, -0.15) is 0 Å². The van der Waals surface area contributed by atoms with Crippen molar-refractivity contribution in [3.05, 3.63) is 64.1 Å². The van der Waals surface area contributed by atoms with Crippen molar-refractivity contribution in [2.45, 2.75) is 32.2 Å². The summed E-state index contributed by atoms with van der Waals surface area (Å²) in [6, 6.07) is 9.98. The second-order valence-electron chi connectivity index (χ2n) is 5.15. The molecule has 0 fully saturated rings. The molecule has 1 aromatic heterocycles. The summed E-state index contributed by atoms with van der Waals surface area (Å²) in [4.78, 5) is 22.5. The largest absolute Gasteiger partial charge is 0.469 e. The molecule has 0 aliphatic carbocycles. The van der Waals surface area contributed by atoms with Crippen molar-refractivity contribution in [2.75, 3.05) is 0 Å². The summed E-state index contributed by atoms with van der Waals surface area (Å²) in [6.45, 7) is 1.90. The molecule has 2 rings (SSSR count). The Morgan fingerprint density at radius 2 is 2.09 bits per heavy atom. The van der Waals surface area contributed by atoms with Crippen LogP contribution in [0.4, 0.5) is 5.69 Å². The van der Waals surface area contributed by atoms with Crippen LogP contribution in [0.25, 0.3) is 0 Å². The molecule has 0 spiro atoms. The van der Waals surface area contributed by atoms with Crippen LogP contribution in [0.3, 0.4) is 0 Å². The normalized spacial score (nSPS) is 11.9. The summed E-state index contributed by atoms with van der Waals surface area (Å²) in [5.41, 5.74) is 0.393. The molecule has 1 N–H and O–H groups in total. The van der Waals surface area contributed by atoms with Gasteiger partial charge in [0.1, 0.15) is 5.76 Å². The molecule has 1 amide bonds. The number of hydrogen-bond acceptors (Lipinski definition) is 4. The van der Waals surface area contributed by atoms with Crippen LogP contribution in [-0.4, -0.2) is 16.9 Å².